The van der Waals surface area contributed by atoms with Crippen LogP contribution in [0.25, 0.3) is 11.2 Å². The van der Waals surface area contributed by atoms with Crippen molar-refractivity contribution in [2.45, 2.75) is 12.5 Å². The maximum absolute atomic E-state index is 6.05. The van der Waals surface area contributed by atoms with Gasteiger partial charge in [0, 0.05) is 6.07 Å². The monoisotopic (exact) mass is 252 g/mol. The SMILES string of the molecule is COc1ccc2[nH]c(C(N)CCSC)nc2n1. The third-order valence-electron chi connectivity index (χ3n) is 2.53. The number of nitrogens with two attached hydrogens (primary N) is 1. The van der Waals surface area contributed by atoms with E-state index in [2.05, 4.69) is 21.2 Å². The van der Waals surface area contributed by atoms with Crippen molar-refractivity contribution in [1.82, 2.24) is 15.0 Å². The number of fused-ring (bicyclic) bond motifs is 1. The molecule has 0 bridgehead atoms. The summed E-state index contributed by atoms with van der Waals surface area (Å²) in [4.78, 5) is 11.8. The molecule has 1 atom stereocenters. The fraction of sp³-hybridized carbons (Fsp3) is 0.455. The number of rotatable bonds is 5. The molecule has 2 aromatic rings. The highest BCUT2D eigenvalue weighted by Gasteiger charge is 2.12. The molecule has 0 amide bonds. The summed E-state index contributed by atoms with van der Waals surface area (Å²) in [7, 11) is 1.59. The number of nitrogens with one attached hydrogen (secondary N) is 1. The Labute approximate surface area is 104 Å². The summed E-state index contributed by atoms with van der Waals surface area (Å²) in [6, 6.07) is 3.64. The lowest BCUT2D eigenvalue weighted by Gasteiger charge is -2.06. The lowest BCUT2D eigenvalue weighted by Crippen LogP contribution is -2.12. The second-order valence-corrected chi connectivity index (χ2v) is 4.72. The highest BCUT2D eigenvalue weighted by atomic mass is 32.2. The van der Waals surface area contributed by atoms with Gasteiger partial charge in [-0.2, -0.15) is 16.7 Å². The minimum absolute atomic E-state index is 0.0670. The van der Waals surface area contributed by atoms with E-state index in [-0.39, 0.29) is 6.04 Å². The summed E-state index contributed by atoms with van der Waals surface area (Å²) in [5, 5.41) is 0. The number of pyridine rings is 1. The van der Waals surface area contributed by atoms with Gasteiger partial charge in [0.25, 0.3) is 0 Å². The van der Waals surface area contributed by atoms with Gasteiger partial charge in [0.1, 0.15) is 5.82 Å². The van der Waals surface area contributed by atoms with Crippen LogP contribution in [0.1, 0.15) is 18.3 Å². The summed E-state index contributed by atoms with van der Waals surface area (Å²) in [5.74, 6) is 2.37. The number of H-pyrrole nitrogens is 1. The van der Waals surface area contributed by atoms with E-state index in [9.17, 15) is 0 Å². The van der Waals surface area contributed by atoms with Crippen LogP contribution in [-0.2, 0) is 0 Å². The molecule has 5 nitrogen and oxygen atoms in total. The van der Waals surface area contributed by atoms with E-state index in [1.807, 2.05) is 6.07 Å². The highest BCUT2D eigenvalue weighted by molar-refractivity contribution is 7.98. The van der Waals surface area contributed by atoms with Crippen LogP contribution in [0.4, 0.5) is 0 Å². The molecular weight excluding hydrogens is 236 g/mol. The van der Waals surface area contributed by atoms with Crippen LogP contribution >= 0.6 is 11.8 Å². The van der Waals surface area contributed by atoms with E-state index in [0.717, 1.165) is 23.5 Å². The largest absolute Gasteiger partial charge is 0.481 e. The van der Waals surface area contributed by atoms with Crippen molar-refractivity contribution in [3.8, 4) is 5.88 Å². The minimum Gasteiger partial charge on any atom is -0.481 e. The van der Waals surface area contributed by atoms with Crippen LogP contribution in [0, 0.1) is 0 Å². The normalized spacial score (nSPS) is 12.9. The van der Waals surface area contributed by atoms with Gasteiger partial charge in [0.15, 0.2) is 5.65 Å². The first-order valence-electron chi connectivity index (χ1n) is 5.39. The predicted octanol–water partition coefficient (Wildman–Crippen LogP) is 1.72. The summed E-state index contributed by atoms with van der Waals surface area (Å²) in [6.07, 6.45) is 2.97. The molecule has 0 radical (unpaired) electrons. The number of imidazole rings is 1. The molecule has 1 unspecified atom stereocenters. The van der Waals surface area contributed by atoms with Crippen molar-refractivity contribution in [2.75, 3.05) is 19.1 Å². The molecule has 17 heavy (non-hydrogen) atoms. The molecule has 0 aliphatic heterocycles. The van der Waals surface area contributed by atoms with Gasteiger partial charge in [-0.25, -0.2) is 4.98 Å². The summed E-state index contributed by atoms with van der Waals surface area (Å²) in [5.41, 5.74) is 7.59. The van der Waals surface area contributed by atoms with E-state index < -0.39 is 0 Å². The molecule has 0 saturated heterocycles. The van der Waals surface area contributed by atoms with E-state index in [0.29, 0.717) is 11.5 Å². The number of nitrogens with zero attached hydrogens (tertiary/aromatic N) is 2. The van der Waals surface area contributed by atoms with Crippen molar-refractivity contribution < 1.29 is 4.74 Å². The second-order valence-electron chi connectivity index (χ2n) is 3.73. The smallest absolute Gasteiger partial charge is 0.215 e. The Hall–Kier alpha value is -1.27. The van der Waals surface area contributed by atoms with Crippen LogP contribution in [0.3, 0.4) is 0 Å². The van der Waals surface area contributed by atoms with Crippen molar-refractivity contribution in [1.29, 1.82) is 0 Å². The molecule has 92 valence electrons. The quantitative estimate of drug-likeness (QED) is 0.847. The third kappa shape index (κ3) is 2.70. The fourth-order valence-electron chi connectivity index (χ4n) is 1.56. The molecule has 0 aliphatic rings. The van der Waals surface area contributed by atoms with Crippen molar-refractivity contribution in [2.24, 2.45) is 5.73 Å². The Morgan fingerprint density at radius 3 is 3.00 bits per heavy atom. The number of hydrogen-bond donors (Lipinski definition) is 2. The molecule has 2 aromatic heterocycles. The topological polar surface area (TPSA) is 76.8 Å². The highest BCUT2D eigenvalue weighted by Crippen LogP contribution is 2.18. The van der Waals surface area contributed by atoms with Gasteiger partial charge < -0.3 is 15.5 Å². The van der Waals surface area contributed by atoms with Gasteiger partial charge in [0.2, 0.25) is 5.88 Å². The standard InChI is InChI=1S/C11H16N4OS/c1-16-9-4-3-8-11(14-9)15-10(13-8)7(12)5-6-17-2/h3-4,7H,5-6,12H2,1-2H3,(H,13,14,15). The van der Waals surface area contributed by atoms with E-state index >= 15 is 0 Å². The third-order valence-corrected chi connectivity index (χ3v) is 3.18. The van der Waals surface area contributed by atoms with Gasteiger partial charge in [-0.15, -0.1) is 0 Å². The summed E-state index contributed by atoms with van der Waals surface area (Å²) >= 11 is 1.78. The number of thioether (sulfide) groups is 1. The lowest BCUT2D eigenvalue weighted by molar-refractivity contribution is 0.399. The second kappa shape index (κ2) is 5.37. The van der Waals surface area contributed by atoms with Gasteiger partial charge in [-0.1, -0.05) is 0 Å². The maximum Gasteiger partial charge on any atom is 0.215 e. The molecule has 6 heteroatoms. The predicted molar refractivity (Wildman–Crippen MR) is 70.4 cm³/mol. The van der Waals surface area contributed by atoms with E-state index in [1.54, 1.807) is 24.9 Å². The fourth-order valence-corrected chi connectivity index (χ4v) is 2.05. The van der Waals surface area contributed by atoms with Gasteiger partial charge in [-0.05, 0) is 24.5 Å². The molecule has 2 heterocycles. The Balaban J connectivity index is 2.24. The summed E-state index contributed by atoms with van der Waals surface area (Å²) < 4.78 is 5.06. The van der Waals surface area contributed by atoms with E-state index in [4.69, 9.17) is 10.5 Å². The van der Waals surface area contributed by atoms with Gasteiger partial charge in [0.05, 0.1) is 18.7 Å². The number of methoxy groups -OCH3 is 1. The number of ether oxygens (including phenoxy) is 1. The zero-order valence-electron chi connectivity index (χ0n) is 9.93. The average molecular weight is 252 g/mol. The van der Waals surface area contributed by atoms with E-state index in [1.165, 1.54) is 0 Å². The van der Waals surface area contributed by atoms with Crippen molar-refractivity contribution in [3.05, 3.63) is 18.0 Å². The molecule has 2 rings (SSSR count). The number of hydrogen-bond acceptors (Lipinski definition) is 5. The summed E-state index contributed by atoms with van der Waals surface area (Å²) in [6.45, 7) is 0. The average Bonchev–Trinajstić information content (AvgIpc) is 2.78. The van der Waals surface area contributed by atoms with Crippen LogP contribution in [-0.4, -0.2) is 34.1 Å². The Kier molecular flexibility index (Phi) is 3.86. The van der Waals surface area contributed by atoms with Gasteiger partial charge >= 0.3 is 0 Å². The zero-order valence-corrected chi connectivity index (χ0v) is 10.8. The Morgan fingerprint density at radius 1 is 1.47 bits per heavy atom. The van der Waals surface area contributed by atoms with Crippen LogP contribution in [0.15, 0.2) is 12.1 Å². The first-order chi connectivity index (χ1) is 8.24. The first-order valence-corrected chi connectivity index (χ1v) is 6.79. The Bertz CT molecular complexity index is 499. The lowest BCUT2D eigenvalue weighted by atomic mass is 10.2. The first kappa shape index (κ1) is 12.2. The van der Waals surface area contributed by atoms with Crippen LogP contribution in [0.5, 0.6) is 5.88 Å². The molecular formula is C11H16N4OS. The van der Waals surface area contributed by atoms with Crippen molar-refractivity contribution >= 4 is 22.9 Å². The molecule has 0 fully saturated rings. The minimum atomic E-state index is -0.0670. The van der Waals surface area contributed by atoms with Crippen LogP contribution < -0.4 is 10.5 Å². The molecule has 0 aliphatic carbocycles. The maximum atomic E-state index is 6.05. The van der Waals surface area contributed by atoms with Crippen LogP contribution in [0.2, 0.25) is 0 Å². The molecule has 0 spiro atoms. The molecule has 3 N–H and O–H groups in total. The molecule has 0 saturated carbocycles. The number of aromatic amines is 1. The molecule has 0 aromatic carbocycles. The number of aromatic nitrogens is 3. The Morgan fingerprint density at radius 2 is 2.29 bits per heavy atom. The zero-order chi connectivity index (χ0) is 12.3. The van der Waals surface area contributed by atoms with Gasteiger partial charge in [-0.3, -0.25) is 0 Å². The van der Waals surface area contributed by atoms with Crippen molar-refractivity contribution in [3.63, 3.8) is 0 Å².